The third-order valence-corrected chi connectivity index (χ3v) is 1.69. The van der Waals surface area contributed by atoms with E-state index in [0.29, 0.717) is 17.1 Å². The first-order chi connectivity index (χ1) is 6.65. The summed E-state index contributed by atoms with van der Waals surface area (Å²) in [5, 5.41) is 0. The summed E-state index contributed by atoms with van der Waals surface area (Å²) in [5.41, 5.74) is 0.685. The lowest BCUT2D eigenvalue weighted by molar-refractivity contribution is -0.131. The molecule has 0 heterocycles. The molecule has 0 radical (unpaired) electrons. The van der Waals surface area contributed by atoms with E-state index < -0.39 is 0 Å². The monoisotopic (exact) mass is 192 g/mol. The van der Waals surface area contributed by atoms with Crippen LogP contribution in [0.5, 0.6) is 5.75 Å². The van der Waals surface area contributed by atoms with Gasteiger partial charge >= 0.3 is 5.97 Å². The van der Waals surface area contributed by atoms with Gasteiger partial charge in [-0.05, 0) is 12.1 Å². The molecule has 1 rings (SSSR count). The molecule has 0 saturated heterocycles. The molecule has 0 aliphatic rings. The van der Waals surface area contributed by atoms with E-state index >= 15 is 0 Å². The Labute approximate surface area is 83.0 Å². The zero-order valence-corrected chi connectivity index (χ0v) is 8.24. The van der Waals surface area contributed by atoms with Crippen LogP contribution in [0, 0.1) is 0 Å². The first-order valence-electron chi connectivity index (χ1n) is 4.16. The lowest BCUT2D eigenvalue weighted by Gasteiger charge is -2.09. The van der Waals surface area contributed by atoms with Crippen LogP contribution < -0.4 is 4.74 Å². The first-order valence-corrected chi connectivity index (χ1v) is 4.16. The summed E-state index contributed by atoms with van der Waals surface area (Å²) in [6.45, 7) is 5.05. The largest absolute Gasteiger partial charge is 0.497 e. The molecule has 0 saturated carbocycles. The van der Waals surface area contributed by atoms with Crippen LogP contribution >= 0.6 is 0 Å². The van der Waals surface area contributed by atoms with E-state index in [0.717, 1.165) is 0 Å². The molecule has 3 nitrogen and oxygen atoms in total. The fraction of sp³-hybridized carbons (Fsp3) is 0.182. The van der Waals surface area contributed by atoms with E-state index in [4.69, 9.17) is 9.47 Å². The molecule has 14 heavy (non-hydrogen) atoms. The second kappa shape index (κ2) is 4.46. The summed E-state index contributed by atoms with van der Waals surface area (Å²) in [7, 11) is 1.52. The van der Waals surface area contributed by atoms with Crippen LogP contribution in [0.3, 0.4) is 0 Å². The number of ether oxygens (including phenoxy) is 2. The molecule has 0 atom stereocenters. The number of carbonyl (C=O) groups is 1. The number of hydrogen-bond acceptors (Lipinski definition) is 3. The van der Waals surface area contributed by atoms with Crippen molar-refractivity contribution in [1.29, 1.82) is 0 Å². The Bertz CT molecular complexity index is 355. The molecule has 0 fully saturated rings. The summed E-state index contributed by atoms with van der Waals surface area (Å²) < 4.78 is 9.96. The summed E-state index contributed by atoms with van der Waals surface area (Å²) in [5.74, 6) is 0.579. The van der Waals surface area contributed by atoms with Crippen molar-refractivity contribution in [3.05, 3.63) is 36.4 Å². The molecule has 0 aliphatic heterocycles. The van der Waals surface area contributed by atoms with Gasteiger partial charge in [-0.15, -0.1) is 0 Å². The maximum absolute atomic E-state index is 10.8. The van der Waals surface area contributed by atoms with Gasteiger partial charge in [0, 0.05) is 6.92 Å². The van der Waals surface area contributed by atoms with Crippen LogP contribution in [0.15, 0.2) is 30.8 Å². The van der Waals surface area contributed by atoms with Crippen LogP contribution in [0.2, 0.25) is 0 Å². The van der Waals surface area contributed by atoms with Crippen LogP contribution in [0.25, 0.3) is 5.76 Å². The third-order valence-electron chi connectivity index (χ3n) is 1.69. The minimum atomic E-state index is -0.360. The van der Waals surface area contributed by atoms with Crippen molar-refractivity contribution in [3.63, 3.8) is 0 Å². The van der Waals surface area contributed by atoms with E-state index in [2.05, 4.69) is 6.58 Å². The quantitative estimate of drug-likeness (QED) is 0.418. The normalized spacial score (nSPS) is 9.29. The Hall–Kier alpha value is -1.77. The Kier molecular flexibility index (Phi) is 3.29. The molecule has 0 aliphatic carbocycles. The van der Waals surface area contributed by atoms with Gasteiger partial charge in [-0.2, -0.15) is 0 Å². The van der Waals surface area contributed by atoms with E-state index in [1.165, 1.54) is 14.0 Å². The lowest BCUT2D eigenvalue weighted by atomic mass is 10.2. The standard InChI is InChI=1S/C11H12O3/c1-8(13-3)10-6-4-5-7-11(10)14-9(2)12/h4-7H,1H2,2-3H3. The van der Waals surface area contributed by atoms with Gasteiger partial charge in [-0.3, -0.25) is 4.79 Å². The molecule has 1 aromatic rings. The molecule has 0 unspecified atom stereocenters. The number of methoxy groups -OCH3 is 1. The highest BCUT2D eigenvalue weighted by atomic mass is 16.5. The topological polar surface area (TPSA) is 35.5 Å². The predicted molar refractivity (Wildman–Crippen MR) is 53.8 cm³/mol. The van der Waals surface area contributed by atoms with Crippen molar-refractivity contribution in [2.24, 2.45) is 0 Å². The SMILES string of the molecule is C=C(OC)c1ccccc1OC(C)=O. The highest BCUT2D eigenvalue weighted by molar-refractivity contribution is 5.73. The minimum Gasteiger partial charge on any atom is -0.497 e. The molecular weight excluding hydrogens is 180 g/mol. The summed E-state index contributed by atoms with van der Waals surface area (Å²) in [6.07, 6.45) is 0. The Morgan fingerprint density at radius 3 is 2.57 bits per heavy atom. The third kappa shape index (κ3) is 2.36. The maximum Gasteiger partial charge on any atom is 0.308 e. The molecule has 74 valence electrons. The van der Waals surface area contributed by atoms with Gasteiger partial charge in [-0.1, -0.05) is 18.7 Å². The van der Waals surface area contributed by atoms with Crippen LogP contribution in [0.1, 0.15) is 12.5 Å². The summed E-state index contributed by atoms with van der Waals surface area (Å²) in [4.78, 5) is 10.8. The van der Waals surface area contributed by atoms with E-state index in [1.807, 2.05) is 6.07 Å². The van der Waals surface area contributed by atoms with Gasteiger partial charge in [0.05, 0.1) is 12.7 Å². The molecule has 0 aromatic heterocycles. The summed E-state index contributed by atoms with van der Waals surface area (Å²) >= 11 is 0. The second-order valence-electron chi connectivity index (χ2n) is 2.72. The van der Waals surface area contributed by atoms with Gasteiger partial charge in [0.1, 0.15) is 11.5 Å². The number of benzene rings is 1. The zero-order valence-electron chi connectivity index (χ0n) is 8.24. The highest BCUT2D eigenvalue weighted by Crippen LogP contribution is 2.24. The number of esters is 1. The lowest BCUT2D eigenvalue weighted by Crippen LogP contribution is -2.03. The van der Waals surface area contributed by atoms with Crippen molar-refractivity contribution < 1.29 is 14.3 Å². The van der Waals surface area contributed by atoms with Gasteiger partial charge < -0.3 is 9.47 Å². The average molecular weight is 192 g/mol. The number of carbonyl (C=O) groups excluding carboxylic acids is 1. The van der Waals surface area contributed by atoms with Gasteiger partial charge in [-0.25, -0.2) is 0 Å². The van der Waals surface area contributed by atoms with Crippen molar-refractivity contribution >= 4 is 11.7 Å². The molecular formula is C11H12O3. The second-order valence-corrected chi connectivity index (χ2v) is 2.72. The molecule has 0 N–H and O–H groups in total. The van der Waals surface area contributed by atoms with Gasteiger partial charge in [0.2, 0.25) is 0 Å². The number of para-hydroxylation sites is 1. The average Bonchev–Trinajstić information content (AvgIpc) is 2.16. The summed E-state index contributed by atoms with van der Waals surface area (Å²) in [6, 6.07) is 7.09. The van der Waals surface area contributed by atoms with E-state index in [9.17, 15) is 4.79 Å². The molecule has 0 bridgehead atoms. The Balaban J connectivity index is 3.02. The van der Waals surface area contributed by atoms with Crippen molar-refractivity contribution in [1.82, 2.24) is 0 Å². The van der Waals surface area contributed by atoms with Crippen LogP contribution in [-0.4, -0.2) is 13.1 Å². The minimum absolute atomic E-state index is 0.360. The number of rotatable bonds is 3. The van der Waals surface area contributed by atoms with Crippen molar-refractivity contribution in [2.75, 3.05) is 7.11 Å². The van der Waals surface area contributed by atoms with Crippen LogP contribution in [-0.2, 0) is 9.53 Å². The Morgan fingerprint density at radius 1 is 1.36 bits per heavy atom. The van der Waals surface area contributed by atoms with E-state index in [-0.39, 0.29) is 5.97 Å². The van der Waals surface area contributed by atoms with Gasteiger partial charge in [0.25, 0.3) is 0 Å². The molecule has 1 aromatic carbocycles. The molecule has 0 amide bonds. The maximum atomic E-state index is 10.8. The van der Waals surface area contributed by atoms with Crippen molar-refractivity contribution in [3.8, 4) is 5.75 Å². The number of hydrogen-bond donors (Lipinski definition) is 0. The molecule has 0 spiro atoms. The van der Waals surface area contributed by atoms with Gasteiger partial charge in [0.15, 0.2) is 0 Å². The Morgan fingerprint density at radius 2 is 2.00 bits per heavy atom. The fourth-order valence-electron chi connectivity index (χ4n) is 1.05. The molecule has 3 heteroatoms. The fourth-order valence-corrected chi connectivity index (χ4v) is 1.05. The van der Waals surface area contributed by atoms with Crippen molar-refractivity contribution in [2.45, 2.75) is 6.92 Å². The smallest absolute Gasteiger partial charge is 0.308 e. The first kappa shape index (κ1) is 10.3. The highest BCUT2D eigenvalue weighted by Gasteiger charge is 2.08. The van der Waals surface area contributed by atoms with Crippen LogP contribution in [0.4, 0.5) is 0 Å². The predicted octanol–water partition coefficient (Wildman–Crippen LogP) is 2.23. The van der Waals surface area contributed by atoms with E-state index in [1.54, 1.807) is 18.2 Å². The zero-order chi connectivity index (χ0) is 10.6.